The first kappa shape index (κ1) is 13.8. The van der Waals surface area contributed by atoms with Gasteiger partial charge in [0, 0.05) is 0 Å². The molecule has 0 fully saturated rings. The zero-order valence-electron chi connectivity index (χ0n) is 9.93. The Kier molecular flexibility index (Phi) is 3.73. The van der Waals surface area contributed by atoms with Crippen LogP contribution in [0.2, 0.25) is 0 Å². The maximum Gasteiger partial charge on any atom is 0.193 e. The third-order valence-corrected chi connectivity index (χ3v) is 6.98. The smallest absolute Gasteiger partial charge is 0.193 e. The van der Waals surface area contributed by atoms with Crippen molar-refractivity contribution in [2.24, 2.45) is 0 Å². The minimum Gasteiger partial charge on any atom is -0.223 e. The zero-order valence-corrected chi connectivity index (χ0v) is 11.6. The summed E-state index contributed by atoms with van der Waals surface area (Å²) in [5, 5.41) is -0.923. The van der Waals surface area contributed by atoms with Gasteiger partial charge in [0.25, 0.3) is 0 Å². The molecule has 0 saturated carbocycles. The third kappa shape index (κ3) is 3.21. The van der Waals surface area contributed by atoms with Gasteiger partial charge in [0.05, 0.1) is 9.79 Å². The highest BCUT2D eigenvalue weighted by Crippen LogP contribution is 2.17. The average molecular weight is 296 g/mol. The van der Waals surface area contributed by atoms with Crippen LogP contribution in [0.3, 0.4) is 0 Å². The third-order valence-electron chi connectivity index (χ3n) is 2.51. The van der Waals surface area contributed by atoms with Crippen LogP contribution in [0.1, 0.15) is 0 Å². The van der Waals surface area contributed by atoms with Crippen molar-refractivity contribution in [2.75, 3.05) is 5.08 Å². The molecule has 0 aliphatic heterocycles. The minimum atomic E-state index is -3.85. The van der Waals surface area contributed by atoms with Gasteiger partial charge in [-0.1, -0.05) is 36.4 Å². The van der Waals surface area contributed by atoms with E-state index in [9.17, 15) is 16.8 Å². The maximum absolute atomic E-state index is 12.0. The Morgan fingerprint density at radius 2 is 0.895 bits per heavy atom. The molecule has 0 spiro atoms. The molecule has 0 amide bonds. The number of benzene rings is 2. The maximum atomic E-state index is 12.0. The second-order valence-corrected chi connectivity index (χ2v) is 8.32. The van der Waals surface area contributed by atoms with Crippen molar-refractivity contribution >= 4 is 19.7 Å². The molecule has 2 rings (SSSR count). The first-order valence-corrected chi connectivity index (χ1v) is 8.78. The SMILES string of the molecule is O=S(=O)(CS(=O)(=O)c1ccccc1)c1ccccc1. The number of rotatable bonds is 4. The average Bonchev–Trinajstić information content (AvgIpc) is 2.40. The highest BCUT2D eigenvalue weighted by Gasteiger charge is 2.25. The highest BCUT2D eigenvalue weighted by molar-refractivity contribution is 8.08. The highest BCUT2D eigenvalue weighted by atomic mass is 32.3. The number of sulfone groups is 2. The van der Waals surface area contributed by atoms with Crippen molar-refractivity contribution in [3.63, 3.8) is 0 Å². The van der Waals surface area contributed by atoms with E-state index in [1.165, 1.54) is 24.3 Å². The summed E-state index contributed by atoms with van der Waals surface area (Å²) in [6.07, 6.45) is 0. The Morgan fingerprint density at radius 3 is 1.21 bits per heavy atom. The van der Waals surface area contributed by atoms with Gasteiger partial charge < -0.3 is 0 Å². The van der Waals surface area contributed by atoms with Crippen LogP contribution >= 0.6 is 0 Å². The zero-order chi connectivity index (χ0) is 13.9. The van der Waals surface area contributed by atoms with Crippen molar-refractivity contribution in [1.29, 1.82) is 0 Å². The van der Waals surface area contributed by atoms with Crippen molar-refractivity contribution < 1.29 is 16.8 Å². The summed E-state index contributed by atoms with van der Waals surface area (Å²) in [4.78, 5) is 0.0176. The van der Waals surface area contributed by atoms with E-state index < -0.39 is 24.8 Å². The lowest BCUT2D eigenvalue weighted by Crippen LogP contribution is -2.16. The van der Waals surface area contributed by atoms with E-state index >= 15 is 0 Å². The second-order valence-electron chi connectivity index (χ2n) is 3.97. The molecule has 0 saturated heterocycles. The van der Waals surface area contributed by atoms with E-state index in [0.717, 1.165) is 0 Å². The molecule has 0 atom stereocenters. The summed E-state index contributed by atoms with van der Waals surface area (Å²) in [7, 11) is -7.71. The molecule has 0 radical (unpaired) electrons. The molecule has 100 valence electrons. The molecule has 2 aromatic rings. The molecule has 0 aliphatic carbocycles. The van der Waals surface area contributed by atoms with Gasteiger partial charge in [-0.15, -0.1) is 0 Å². The van der Waals surface area contributed by atoms with Gasteiger partial charge in [-0.25, -0.2) is 16.8 Å². The van der Waals surface area contributed by atoms with Gasteiger partial charge in [0.2, 0.25) is 0 Å². The quantitative estimate of drug-likeness (QED) is 0.864. The fraction of sp³-hybridized carbons (Fsp3) is 0.0769. The van der Waals surface area contributed by atoms with Gasteiger partial charge in [-0.3, -0.25) is 0 Å². The summed E-state index contributed by atoms with van der Waals surface area (Å²) >= 11 is 0. The summed E-state index contributed by atoms with van der Waals surface area (Å²) in [6, 6.07) is 15.1. The van der Waals surface area contributed by atoms with Crippen molar-refractivity contribution in [3.8, 4) is 0 Å². The molecule has 0 aliphatic rings. The number of hydrogen-bond donors (Lipinski definition) is 0. The summed E-state index contributed by atoms with van der Waals surface area (Å²) < 4.78 is 48.2. The van der Waals surface area contributed by atoms with Crippen LogP contribution < -0.4 is 0 Å². The van der Waals surface area contributed by atoms with Crippen LogP contribution in [0.15, 0.2) is 70.5 Å². The van der Waals surface area contributed by atoms with Crippen LogP contribution in [0.4, 0.5) is 0 Å². The predicted octanol–water partition coefficient (Wildman–Crippen LogP) is 1.89. The molecular formula is C13H12O4S2. The first-order chi connectivity index (χ1) is 8.92. The van der Waals surface area contributed by atoms with Gasteiger partial charge in [0.1, 0.15) is 0 Å². The van der Waals surface area contributed by atoms with Crippen LogP contribution in [0.25, 0.3) is 0 Å². The van der Waals surface area contributed by atoms with Crippen LogP contribution in [-0.2, 0) is 19.7 Å². The Labute approximate surface area is 112 Å². The van der Waals surface area contributed by atoms with E-state index in [2.05, 4.69) is 0 Å². The van der Waals surface area contributed by atoms with Crippen LogP contribution in [0.5, 0.6) is 0 Å². The second kappa shape index (κ2) is 5.14. The molecule has 0 bridgehead atoms. The standard InChI is InChI=1S/C13H12O4S2/c14-18(15,12-7-3-1-4-8-12)11-19(16,17)13-9-5-2-6-10-13/h1-10H,11H2. The Hall–Kier alpha value is -1.66. The molecule has 19 heavy (non-hydrogen) atoms. The fourth-order valence-electron chi connectivity index (χ4n) is 1.60. The fourth-order valence-corrected chi connectivity index (χ4v) is 5.46. The molecule has 6 heteroatoms. The van der Waals surface area contributed by atoms with Gasteiger partial charge in [0.15, 0.2) is 24.8 Å². The Morgan fingerprint density at radius 1 is 0.579 bits per heavy atom. The molecule has 0 N–H and O–H groups in total. The van der Waals surface area contributed by atoms with Gasteiger partial charge in [-0.2, -0.15) is 0 Å². The van der Waals surface area contributed by atoms with Gasteiger partial charge >= 0.3 is 0 Å². The first-order valence-electron chi connectivity index (χ1n) is 5.47. The molecular weight excluding hydrogens is 284 g/mol. The monoisotopic (exact) mass is 296 g/mol. The normalized spacial score (nSPS) is 12.2. The molecule has 0 aromatic heterocycles. The Balaban J connectivity index is 2.37. The van der Waals surface area contributed by atoms with E-state index in [1.54, 1.807) is 36.4 Å². The molecule has 2 aromatic carbocycles. The minimum absolute atomic E-state index is 0.00880. The molecule has 0 heterocycles. The van der Waals surface area contributed by atoms with E-state index in [0.29, 0.717) is 0 Å². The summed E-state index contributed by atoms with van der Waals surface area (Å²) in [5.74, 6) is 0. The van der Waals surface area contributed by atoms with E-state index in [1.807, 2.05) is 0 Å². The van der Waals surface area contributed by atoms with Crippen molar-refractivity contribution in [2.45, 2.75) is 9.79 Å². The van der Waals surface area contributed by atoms with Crippen molar-refractivity contribution in [1.82, 2.24) is 0 Å². The lowest BCUT2D eigenvalue weighted by molar-refractivity contribution is 0.589. The Bertz CT molecular complexity index is 681. The topological polar surface area (TPSA) is 68.3 Å². The van der Waals surface area contributed by atoms with Crippen LogP contribution in [-0.4, -0.2) is 21.9 Å². The van der Waals surface area contributed by atoms with E-state index in [4.69, 9.17) is 0 Å². The van der Waals surface area contributed by atoms with Gasteiger partial charge in [-0.05, 0) is 24.3 Å². The predicted molar refractivity (Wildman–Crippen MR) is 72.1 cm³/mol. The molecule has 4 nitrogen and oxygen atoms in total. The lowest BCUT2D eigenvalue weighted by atomic mass is 10.4. The summed E-state index contributed by atoms with van der Waals surface area (Å²) in [5.41, 5.74) is 0. The van der Waals surface area contributed by atoms with E-state index in [-0.39, 0.29) is 9.79 Å². The molecule has 0 unspecified atom stereocenters. The largest absolute Gasteiger partial charge is 0.223 e. The summed E-state index contributed by atoms with van der Waals surface area (Å²) in [6.45, 7) is 0. The van der Waals surface area contributed by atoms with Crippen molar-refractivity contribution in [3.05, 3.63) is 60.7 Å². The lowest BCUT2D eigenvalue weighted by Gasteiger charge is -2.06. The van der Waals surface area contributed by atoms with Crippen LogP contribution in [0, 0.1) is 0 Å². The number of hydrogen-bond acceptors (Lipinski definition) is 4.